The minimum absolute atomic E-state index is 0.186. The van der Waals surface area contributed by atoms with Gasteiger partial charge in [0, 0.05) is 46.3 Å². The van der Waals surface area contributed by atoms with E-state index in [1.165, 1.54) is 16.7 Å². The van der Waals surface area contributed by atoms with Crippen LogP contribution in [0, 0.1) is 13.8 Å². The smallest absolute Gasteiger partial charge is 0.191 e. The summed E-state index contributed by atoms with van der Waals surface area (Å²) >= 11 is 0. The van der Waals surface area contributed by atoms with Gasteiger partial charge < -0.3 is 20.1 Å². The molecule has 1 saturated heterocycles. The van der Waals surface area contributed by atoms with Gasteiger partial charge in [-0.2, -0.15) is 0 Å². The zero-order valence-electron chi connectivity index (χ0n) is 16.2. The topological polar surface area (TPSA) is 54.9 Å². The van der Waals surface area contributed by atoms with E-state index in [9.17, 15) is 0 Å². The van der Waals surface area contributed by atoms with Gasteiger partial charge in [-0.05, 0) is 32.8 Å². The second-order valence-corrected chi connectivity index (χ2v) is 6.87. The molecule has 0 bridgehead atoms. The lowest BCUT2D eigenvalue weighted by Gasteiger charge is -2.34. The van der Waals surface area contributed by atoms with Crippen molar-refractivity contribution in [3.05, 3.63) is 34.9 Å². The highest BCUT2D eigenvalue weighted by Crippen LogP contribution is 2.24. The van der Waals surface area contributed by atoms with Gasteiger partial charge >= 0.3 is 0 Å². The third-order valence-electron chi connectivity index (χ3n) is 4.69. The highest BCUT2D eigenvalue weighted by molar-refractivity contribution is 5.79. The van der Waals surface area contributed by atoms with E-state index in [4.69, 9.17) is 14.5 Å². The van der Waals surface area contributed by atoms with Gasteiger partial charge in [0.25, 0.3) is 0 Å². The zero-order chi connectivity index (χ0) is 18.1. The van der Waals surface area contributed by atoms with Crippen molar-refractivity contribution in [2.24, 2.45) is 4.99 Å². The Balaban J connectivity index is 1.90. The van der Waals surface area contributed by atoms with E-state index in [-0.39, 0.29) is 5.60 Å². The van der Waals surface area contributed by atoms with Gasteiger partial charge in [0.15, 0.2) is 5.96 Å². The molecule has 0 amide bonds. The molecule has 2 rings (SSSR count). The van der Waals surface area contributed by atoms with Crippen LogP contribution in [0.15, 0.2) is 23.2 Å². The molecule has 0 saturated carbocycles. The quantitative estimate of drug-likeness (QED) is 0.588. The lowest BCUT2D eigenvalue weighted by atomic mass is 9.94. The average molecular weight is 348 g/mol. The third-order valence-corrected chi connectivity index (χ3v) is 4.69. The van der Waals surface area contributed by atoms with Gasteiger partial charge in [0.05, 0.1) is 12.1 Å². The van der Waals surface area contributed by atoms with Crippen LogP contribution in [0.1, 0.15) is 36.5 Å². The molecule has 0 aromatic heterocycles. The lowest BCUT2D eigenvalue weighted by Crippen LogP contribution is -2.44. The summed E-state index contributed by atoms with van der Waals surface area (Å²) in [5.74, 6) is 0.856. The fourth-order valence-corrected chi connectivity index (χ4v) is 3.27. The van der Waals surface area contributed by atoms with Crippen molar-refractivity contribution in [3.8, 4) is 0 Å². The normalized spacial score (nSPS) is 17.4. The van der Waals surface area contributed by atoms with E-state index >= 15 is 0 Å². The van der Waals surface area contributed by atoms with E-state index in [1.807, 2.05) is 0 Å². The number of rotatable bonds is 7. The van der Waals surface area contributed by atoms with E-state index in [1.54, 1.807) is 7.11 Å². The first-order valence-electron chi connectivity index (χ1n) is 9.29. The number of hydrogen-bond acceptors (Lipinski definition) is 3. The average Bonchev–Trinajstić information content (AvgIpc) is 2.60. The van der Waals surface area contributed by atoms with Crippen LogP contribution in [-0.2, 0) is 15.9 Å². The molecule has 1 aliphatic heterocycles. The number of methoxy groups -OCH3 is 1. The Morgan fingerprint density at radius 1 is 1.16 bits per heavy atom. The molecule has 1 aromatic rings. The summed E-state index contributed by atoms with van der Waals surface area (Å²) in [6.07, 6.45) is 2.78. The molecule has 1 aliphatic rings. The van der Waals surface area contributed by atoms with Crippen molar-refractivity contribution in [1.29, 1.82) is 0 Å². The van der Waals surface area contributed by atoms with Crippen LogP contribution in [0.5, 0.6) is 0 Å². The lowest BCUT2D eigenvalue weighted by molar-refractivity contribution is -0.0828. The largest absolute Gasteiger partial charge is 0.381 e. The van der Waals surface area contributed by atoms with Gasteiger partial charge in [-0.3, -0.25) is 4.99 Å². The molecule has 5 heteroatoms. The van der Waals surface area contributed by atoms with Crippen LogP contribution in [0.3, 0.4) is 0 Å². The summed E-state index contributed by atoms with van der Waals surface area (Å²) in [7, 11) is 1.78. The summed E-state index contributed by atoms with van der Waals surface area (Å²) in [6, 6.07) is 6.71. The maximum Gasteiger partial charge on any atom is 0.191 e. The summed E-state index contributed by atoms with van der Waals surface area (Å²) in [6.45, 7) is 10.2. The van der Waals surface area contributed by atoms with Crippen molar-refractivity contribution in [2.75, 3.05) is 40.0 Å². The van der Waals surface area contributed by atoms with Crippen molar-refractivity contribution < 1.29 is 9.47 Å². The van der Waals surface area contributed by atoms with Gasteiger partial charge in [-0.15, -0.1) is 0 Å². The Morgan fingerprint density at radius 3 is 2.44 bits per heavy atom. The summed E-state index contributed by atoms with van der Waals surface area (Å²) in [5.41, 5.74) is 3.81. The number of nitrogens with one attached hydrogen (secondary N) is 2. The number of ether oxygens (including phenoxy) is 2. The summed E-state index contributed by atoms with van der Waals surface area (Å²) in [4.78, 5) is 4.76. The second-order valence-electron chi connectivity index (χ2n) is 6.87. The van der Waals surface area contributed by atoms with Crippen LogP contribution < -0.4 is 10.6 Å². The van der Waals surface area contributed by atoms with E-state index in [2.05, 4.69) is 49.6 Å². The van der Waals surface area contributed by atoms with E-state index < -0.39 is 0 Å². The Morgan fingerprint density at radius 2 is 1.84 bits per heavy atom. The van der Waals surface area contributed by atoms with Crippen LogP contribution in [-0.4, -0.2) is 51.5 Å². The summed E-state index contributed by atoms with van der Waals surface area (Å²) < 4.78 is 11.2. The number of aliphatic imine (C=N–C) groups is 1. The Labute approximate surface area is 152 Å². The second kappa shape index (κ2) is 9.78. The zero-order valence-corrected chi connectivity index (χ0v) is 16.2. The molecule has 0 unspecified atom stereocenters. The number of hydrogen-bond donors (Lipinski definition) is 2. The Kier molecular flexibility index (Phi) is 7.72. The van der Waals surface area contributed by atoms with Crippen LogP contribution in [0.4, 0.5) is 0 Å². The maximum atomic E-state index is 5.76. The van der Waals surface area contributed by atoms with Gasteiger partial charge in [-0.1, -0.05) is 29.3 Å². The van der Waals surface area contributed by atoms with Crippen molar-refractivity contribution in [2.45, 2.75) is 45.6 Å². The van der Waals surface area contributed by atoms with E-state index in [0.717, 1.165) is 51.5 Å². The molecule has 0 atom stereocenters. The Hall–Kier alpha value is -1.59. The number of nitrogens with zero attached hydrogens (tertiary/aromatic N) is 1. The molecule has 0 aliphatic carbocycles. The molecule has 25 heavy (non-hydrogen) atoms. The minimum Gasteiger partial charge on any atom is -0.381 e. The number of guanidine groups is 1. The fraction of sp³-hybridized carbons (Fsp3) is 0.650. The number of aryl methyl sites for hydroxylation is 2. The first kappa shape index (κ1) is 19.7. The molecular formula is C20H33N3O2. The van der Waals surface area contributed by atoms with Crippen molar-refractivity contribution in [3.63, 3.8) is 0 Å². The van der Waals surface area contributed by atoms with Crippen LogP contribution in [0.25, 0.3) is 0 Å². The molecule has 5 nitrogen and oxygen atoms in total. The van der Waals surface area contributed by atoms with Gasteiger partial charge in [0.1, 0.15) is 0 Å². The minimum atomic E-state index is -0.186. The van der Waals surface area contributed by atoms with Crippen molar-refractivity contribution in [1.82, 2.24) is 10.6 Å². The van der Waals surface area contributed by atoms with E-state index in [0.29, 0.717) is 6.54 Å². The van der Waals surface area contributed by atoms with Crippen LogP contribution >= 0.6 is 0 Å². The molecule has 1 fully saturated rings. The molecule has 140 valence electrons. The monoisotopic (exact) mass is 347 g/mol. The number of benzene rings is 1. The predicted octanol–water partition coefficient (Wildman–Crippen LogP) is 2.60. The molecule has 2 N–H and O–H groups in total. The standard InChI is InChI=1S/C20H33N3O2/c1-5-21-19(23-15-20(24-4)7-10-25-11-8-20)22-9-6-18-13-16(2)12-17(3)14-18/h12-14H,5-11,15H2,1-4H3,(H2,21,22,23). The molecular weight excluding hydrogens is 314 g/mol. The SMILES string of the molecule is CCNC(=NCC1(OC)CCOCC1)NCCc1cc(C)cc(C)c1. The summed E-state index contributed by atoms with van der Waals surface area (Å²) in [5, 5.41) is 6.77. The molecule has 0 radical (unpaired) electrons. The van der Waals surface area contributed by atoms with Gasteiger partial charge in [0.2, 0.25) is 0 Å². The van der Waals surface area contributed by atoms with Crippen molar-refractivity contribution >= 4 is 5.96 Å². The molecule has 0 spiro atoms. The third kappa shape index (κ3) is 6.33. The first-order valence-corrected chi connectivity index (χ1v) is 9.29. The fourth-order valence-electron chi connectivity index (χ4n) is 3.27. The predicted molar refractivity (Wildman–Crippen MR) is 103 cm³/mol. The van der Waals surface area contributed by atoms with Crippen LogP contribution in [0.2, 0.25) is 0 Å². The highest BCUT2D eigenvalue weighted by Gasteiger charge is 2.32. The first-order chi connectivity index (χ1) is 12.1. The Bertz CT molecular complexity index is 546. The van der Waals surface area contributed by atoms with Gasteiger partial charge in [-0.25, -0.2) is 0 Å². The molecule has 1 aromatic carbocycles. The molecule has 1 heterocycles. The maximum absolute atomic E-state index is 5.76. The highest BCUT2D eigenvalue weighted by atomic mass is 16.5.